The second-order valence-corrected chi connectivity index (χ2v) is 7.90. The number of carbonyl (C=O) groups is 2. The third-order valence-electron chi connectivity index (χ3n) is 5.30. The van der Waals surface area contributed by atoms with Crippen molar-refractivity contribution in [2.45, 2.75) is 31.5 Å². The van der Waals surface area contributed by atoms with E-state index in [4.69, 9.17) is 15.2 Å². The van der Waals surface area contributed by atoms with E-state index in [1.54, 1.807) is 28.8 Å². The largest absolute Gasteiger partial charge is 0.542 e. The van der Waals surface area contributed by atoms with E-state index < -0.39 is 24.0 Å². The SMILES string of the molecule is N#Cc1ccc(NC(=O)c2nc(C[NH+]3CCC(F)(F)CC3)c3ccccn23)nc1.O=C([O-])C(F)(F)F. The van der Waals surface area contributed by atoms with Gasteiger partial charge in [0.25, 0.3) is 11.8 Å². The molecule has 4 heterocycles. The van der Waals surface area contributed by atoms with Crippen LogP contribution in [0.25, 0.3) is 5.52 Å². The summed E-state index contributed by atoms with van der Waals surface area (Å²) in [6.07, 6.45) is -2.34. The molecule has 0 atom stereocenters. The van der Waals surface area contributed by atoms with Gasteiger partial charge in [-0.05, 0) is 24.3 Å². The Morgan fingerprint density at radius 1 is 1.19 bits per heavy atom. The molecule has 1 saturated heterocycles. The van der Waals surface area contributed by atoms with Gasteiger partial charge < -0.3 is 20.1 Å². The first-order valence-electron chi connectivity index (χ1n) is 10.5. The number of hydrogen-bond acceptors (Lipinski definition) is 6. The van der Waals surface area contributed by atoms with Gasteiger partial charge in [-0.25, -0.2) is 18.7 Å². The van der Waals surface area contributed by atoms with Crippen molar-refractivity contribution < 1.29 is 41.5 Å². The molecule has 0 spiro atoms. The van der Waals surface area contributed by atoms with Gasteiger partial charge in [0.05, 0.1) is 37.0 Å². The number of carboxylic acid groups (broad SMARTS) is 1. The summed E-state index contributed by atoms with van der Waals surface area (Å²) in [5.74, 6) is -5.52. The summed E-state index contributed by atoms with van der Waals surface area (Å²) >= 11 is 0. The normalized spacial score (nSPS) is 15.4. The highest BCUT2D eigenvalue weighted by atomic mass is 19.4. The summed E-state index contributed by atoms with van der Waals surface area (Å²) < 4.78 is 60.1. The number of nitrogens with zero attached hydrogens (tertiary/aromatic N) is 4. The number of likely N-dealkylation sites (tertiary alicyclic amines) is 1. The van der Waals surface area contributed by atoms with E-state index in [9.17, 15) is 26.7 Å². The highest BCUT2D eigenvalue weighted by Gasteiger charge is 2.37. The molecule has 36 heavy (non-hydrogen) atoms. The number of alkyl halides is 5. The smallest absolute Gasteiger partial charge is 0.430 e. The maximum Gasteiger partial charge on any atom is 0.430 e. The van der Waals surface area contributed by atoms with Crippen LogP contribution in [0.15, 0.2) is 42.7 Å². The molecule has 0 unspecified atom stereocenters. The molecular formula is C22H19F5N6O3. The topological polar surface area (TPSA) is 128 Å². The summed E-state index contributed by atoms with van der Waals surface area (Å²) in [5.41, 5.74) is 1.87. The molecule has 14 heteroatoms. The number of fused-ring (bicyclic) bond motifs is 1. The van der Waals surface area contributed by atoms with Crippen LogP contribution in [0.3, 0.4) is 0 Å². The van der Waals surface area contributed by atoms with Crippen LogP contribution in [0, 0.1) is 11.3 Å². The Morgan fingerprint density at radius 3 is 2.42 bits per heavy atom. The summed E-state index contributed by atoms with van der Waals surface area (Å²) in [6.45, 7) is 1.22. The fourth-order valence-corrected chi connectivity index (χ4v) is 3.48. The Hall–Kier alpha value is -4.12. The number of pyridine rings is 2. The summed E-state index contributed by atoms with van der Waals surface area (Å²) in [6, 6.07) is 10.6. The Balaban J connectivity index is 0.000000454. The van der Waals surface area contributed by atoms with Gasteiger partial charge in [-0.1, -0.05) is 6.07 Å². The second-order valence-electron chi connectivity index (χ2n) is 7.90. The standard InChI is InChI=1S/C20H18F2N6O.C2HF3O2/c21-20(22)6-9-27(10-7-20)13-15-16-3-1-2-8-28(16)18(25-15)19(29)26-17-5-4-14(11-23)12-24-17;3-2(4,5)1(6)7/h1-5,8,12H,6-7,9-10,13H2,(H,24,26,29);(H,6,7). The van der Waals surface area contributed by atoms with E-state index in [1.807, 2.05) is 18.2 Å². The number of imidazole rings is 1. The maximum absolute atomic E-state index is 13.4. The minimum absolute atomic E-state index is 0.133. The van der Waals surface area contributed by atoms with Gasteiger partial charge in [-0.3, -0.25) is 9.20 Å². The molecule has 1 aliphatic heterocycles. The minimum Gasteiger partial charge on any atom is -0.542 e. The van der Waals surface area contributed by atoms with E-state index in [-0.39, 0.29) is 18.7 Å². The number of hydrogen-bond donors (Lipinski definition) is 2. The molecular weight excluding hydrogens is 491 g/mol. The average Bonchev–Trinajstić information content (AvgIpc) is 3.19. The first-order valence-corrected chi connectivity index (χ1v) is 10.5. The number of anilines is 1. The Bertz CT molecular complexity index is 1270. The van der Waals surface area contributed by atoms with Crippen molar-refractivity contribution in [3.63, 3.8) is 0 Å². The van der Waals surface area contributed by atoms with Crippen LogP contribution < -0.4 is 15.3 Å². The van der Waals surface area contributed by atoms with Crippen molar-refractivity contribution in [2.75, 3.05) is 18.4 Å². The molecule has 1 fully saturated rings. The molecule has 3 aromatic heterocycles. The van der Waals surface area contributed by atoms with E-state index in [0.717, 1.165) is 10.4 Å². The molecule has 0 bridgehead atoms. The van der Waals surface area contributed by atoms with E-state index in [0.29, 0.717) is 36.7 Å². The van der Waals surface area contributed by atoms with E-state index in [1.165, 1.54) is 6.20 Å². The summed E-state index contributed by atoms with van der Waals surface area (Å²) in [5, 5.41) is 20.3. The van der Waals surface area contributed by atoms with Crippen LogP contribution in [0.1, 0.15) is 34.7 Å². The molecule has 0 radical (unpaired) electrons. The molecule has 190 valence electrons. The second kappa shape index (κ2) is 10.6. The first-order chi connectivity index (χ1) is 16.9. The lowest BCUT2D eigenvalue weighted by molar-refractivity contribution is -0.921. The number of nitrogens with one attached hydrogen (secondary N) is 2. The lowest BCUT2D eigenvalue weighted by atomic mass is 10.1. The van der Waals surface area contributed by atoms with Crippen LogP contribution in [0.4, 0.5) is 27.8 Å². The number of rotatable bonds is 4. The van der Waals surface area contributed by atoms with Gasteiger partial charge in [0.1, 0.15) is 30.1 Å². The predicted molar refractivity (Wildman–Crippen MR) is 112 cm³/mol. The number of halogens is 5. The number of amides is 1. The fourth-order valence-electron chi connectivity index (χ4n) is 3.48. The zero-order chi connectivity index (χ0) is 26.5. The van der Waals surface area contributed by atoms with Gasteiger partial charge >= 0.3 is 6.18 Å². The summed E-state index contributed by atoms with van der Waals surface area (Å²) in [4.78, 5) is 31.1. The molecule has 4 rings (SSSR count). The molecule has 0 saturated carbocycles. The average molecular weight is 510 g/mol. The number of carboxylic acids is 1. The van der Waals surface area contributed by atoms with Crippen molar-refractivity contribution >= 4 is 23.2 Å². The van der Waals surface area contributed by atoms with Crippen LogP contribution >= 0.6 is 0 Å². The van der Waals surface area contributed by atoms with Crippen LogP contribution in [0.2, 0.25) is 0 Å². The van der Waals surface area contributed by atoms with Crippen LogP contribution in [0.5, 0.6) is 0 Å². The lowest BCUT2D eigenvalue weighted by Crippen LogP contribution is -3.12. The van der Waals surface area contributed by atoms with Crippen LogP contribution in [-0.4, -0.2) is 51.4 Å². The molecule has 1 amide bonds. The van der Waals surface area contributed by atoms with Gasteiger partial charge in [0.2, 0.25) is 5.82 Å². The lowest BCUT2D eigenvalue weighted by Gasteiger charge is -2.28. The molecule has 0 aromatic carbocycles. The van der Waals surface area contributed by atoms with Gasteiger partial charge in [0, 0.05) is 12.4 Å². The zero-order valence-corrected chi connectivity index (χ0v) is 18.5. The number of piperidine rings is 1. The number of carbonyl (C=O) groups excluding carboxylic acids is 2. The zero-order valence-electron chi connectivity index (χ0n) is 18.5. The van der Waals surface area contributed by atoms with Crippen molar-refractivity contribution in [3.05, 3.63) is 59.8 Å². The van der Waals surface area contributed by atoms with E-state index >= 15 is 0 Å². The van der Waals surface area contributed by atoms with Crippen molar-refractivity contribution in [3.8, 4) is 6.07 Å². The third kappa shape index (κ3) is 6.72. The number of quaternary nitrogens is 1. The van der Waals surface area contributed by atoms with Gasteiger partial charge in [-0.2, -0.15) is 18.4 Å². The first kappa shape index (κ1) is 26.5. The quantitative estimate of drug-likeness (QED) is 0.504. The minimum atomic E-state index is -5.19. The Labute approximate surface area is 200 Å². The highest BCUT2D eigenvalue weighted by molar-refractivity contribution is 6.02. The van der Waals surface area contributed by atoms with Gasteiger partial charge in [-0.15, -0.1) is 0 Å². The summed E-state index contributed by atoms with van der Waals surface area (Å²) in [7, 11) is 0. The Morgan fingerprint density at radius 2 is 1.86 bits per heavy atom. The molecule has 9 nitrogen and oxygen atoms in total. The molecule has 1 aliphatic rings. The predicted octanol–water partition coefficient (Wildman–Crippen LogP) is 0.966. The monoisotopic (exact) mass is 510 g/mol. The van der Waals surface area contributed by atoms with Gasteiger partial charge in [0.15, 0.2) is 0 Å². The molecule has 2 N–H and O–H groups in total. The number of aliphatic carboxylic acids is 1. The van der Waals surface area contributed by atoms with Crippen molar-refractivity contribution in [1.29, 1.82) is 5.26 Å². The van der Waals surface area contributed by atoms with E-state index in [2.05, 4.69) is 15.3 Å². The molecule has 0 aliphatic carbocycles. The number of aromatic nitrogens is 3. The Kier molecular flexibility index (Phi) is 7.83. The molecule has 3 aromatic rings. The van der Waals surface area contributed by atoms with Crippen LogP contribution in [-0.2, 0) is 11.3 Å². The van der Waals surface area contributed by atoms with Crippen molar-refractivity contribution in [2.24, 2.45) is 0 Å². The number of nitriles is 1. The highest BCUT2D eigenvalue weighted by Crippen LogP contribution is 2.23. The third-order valence-corrected chi connectivity index (χ3v) is 5.30. The van der Waals surface area contributed by atoms with Crippen molar-refractivity contribution in [1.82, 2.24) is 14.4 Å². The fraction of sp³-hybridized carbons (Fsp3) is 0.318. The maximum atomic E-state index is 13.4.